The number of anilines is 1. The lowest BCUT2D eigenvalue weighted by Crippen LogP contribution is -2.41. The van der Waals surface area contributed by atoms with Gasteiger partial charge in [0.2, 0.25) is 0 Å². The Balaban J connectivity index is 1.48. The Bertz CT molecular complexity index is 731. The van der Waals surface area contributed by atoms with Crippen LogP contribution in [0.4, 0.5) is 5.82 Å². The molecule has 1 fully saturated rings. The number of morpholine rings is 1. The number of aryl methyl sites for hydroxylation is 1. The van der Waals surface area contributed by atoms with Gasteiger partial charge in [0.25, 0.3) is 5.91 Å². The van der Waals surface area contributed by atoms with Gasteiger partial charge in [0, 0.05) is 38.8 Å². The fourth-order valence-electron chi connectivity index (χ4n) is 2.84. The fraction of sp³-hybridized carbons (Fsp3) is 0.421. The molecule has 2 N–H and O–H groups in total. The van der Waals surface area contributed by atoms with Crippen LogP contribution in [0.1, 0.15) is 21.6 Å². The molecule has 138 valence electrons. The van der Waals surface area contributed by atoms with Crippen LogP contribution in [0.5, 0.6) is 0 Å². The first-order valence-electron chi connectivity index (χ1n) is 8.90. The van der Waals surface area contributed by atoms with Crippen molar-refractivity contribution < 1.29 is 9.53 Å². The van der Waals surface area contributed by atoms with Crippen LogP contribution < -0.4 is 10.6 Å². The predicted molar refractivity (Wildman–Crippen MR) is 100 cm³/mol. The number of benzene rings is 1. The first-order chi connectivity index (χ1) is 12.7. The van der Waals surface area contributed by atoms with E-state index in [2.05, 4.69) is 50.6 Å². The van der Waals surface area contributed by atoms with E-state index in [4.69, 9.17) is 4.74 Å². The number of hydrogen-bond donors (Lipinski definition) is 2. The Morgan fingerprint density at radius 3 is 2.88 bits per heavy atom. The van der Waals surface area contributed by atoms with E-state index >= 15 is 0 Å². The van der Waals surface area contributed by atoms with E-state index in [0.29, 0.717) is 24.6 Å². The second kappa shape index (κ2) is 9.26. The molecule has 0 spiro atoms. The molecule has 0 aliphatic carbocycles. The molecular formula is C19H25N5O2. The molecule has 1 amide bonds. The average Bonchev–Trinajstić information content (AvgIpc) is 2.67. The fourth-order valence-corrected chi connectivity index (χ4v) is 2.84. The van der Waals surface area contributed by atoms with Gasteiger partial charge in [-0.25, -0.2) is 9.97 Å². The minimum absolute atomic E-state index is 0.181. The van der Waals surface area contributed by atoms with E-state index < -0.39 is 0 Å². The maximum Gasteiger partial charge on any atom is 0.270 e. The SMILES string of the molecule is Cc1cccc(CNc2cc(C(=O)NCCN3CCOCC3)ncn2)c1. The maximum atomic E-state index is 12.3. The van der Waals surface area contributed by atoms with Gasteiger partial charge in [-0.1, -0.05) is 29.8 Å². The Morgan fingerprint density at radius 1 is 1.23 bits per heavy atom. The molecule has 0 saturated carbocycles. The molecule has 26 heavy (non-hydrogen) atoms. The zero-order chi connectivity index (χ0) is 18.2. The average molecular weight is 355 g/mol. The summed E-state index contributed by atoms with van der Waals surface area (Å²) in [4.78, 5) is 22.8. The minimum Gasteiger partial charge on any atom is -0.379 e. The molecule has 1 aliphatic rings. The van der Waals surface area contributed by atoms with Crippen molar-refractivity contribution in [1.82, 2.24) is 20.2 Å². The summed E-state index contributed by atoms with van der Waals surface area (Å²) in [6.07, 6.45) is 1.41. The zero-order valence-electron chi connectivity index (χ0n) is 15.1. The molecule has 0 atom stereocenters. The van der Waals surface area contributed by atoms with Crippen LogP contribution in [0.2, 0.25) is 0 Å². The Kier molecular flexibility index (Phi) is 6.51. The molecule has 1 aromatic carbocycles. The number of aromatic nitrogens is 2. The van der Waals surface area contributed by atoms with E-state index in [1.807, 2.05) is 6.07 Å². The standard InChI is InChI=1S/C19H25N5O2/c1-15-3-2-4-16(11-15)13-21-18-12-17(22-14-23-18)19(25)20-5-6-24-7-9-26-10-8-24/h2-4,11-12,14H,5-10,13H2,1H3,(H,20,25)(H,21,22,23). The summed E-state index contributed by atoms with van der Waals surface area (Å²) >= 11 is 0. The number of nitrogens with one attached hydrogen (secondary N) is 2. The van der Waals surface area contributed by atoms with Crippen molar-refractivity contribution in [3.8, 4) is 0 Å². The van der Waals surface area contributed by atoms with Crippen LogP contribution in [0.3, 0.4) is 0 Å². The van der Waals surface area contributed by atoms with Gasteiger partial charge in [-0.15, -0.1) is 0 Å². The summed E-state index contributed by atoms with van der Waals surface area (Å²) in [6.45, 7) is 7.47. The molecule has 0 bridgehead atoms. The van der Waals surface area contributed by atoms with Crippen LogP contribution >= 0.6 is 0 Å². The molecule has 2 heterocycles. The monoisotopic (exact) mass is 355 g/mol. The third kappa shape index (κ3) is 5.50. The minimum atomic E-state index is -0.181. The zero-order valence-corrected chi connectivity index (χ0v) is 15.1. The van der Waals surface area contributed by atoms with Crippen LogP contribution in [-0.2, 0) is 11.3 Å². The van der Waals surface area contributed by atoms with E-state index in [-0.39, 0.29) is 5.91 Å². The molecule has 7 heteroatoms. The maximum absolute atomic E-state index is 12.3. The predicted octanol–water partition coefficient (Wildman–Crippen LogP) is 1.46. The van der Waals surface area contributed by atoms with Crippen molar-refractivity contribution in [2.24, 2.45) is 0 Å². The third-order valence-corrected chi connectivity index (χ3v) is 4.27. The van der Waals surface area contributed by atoms with Crippen molar-refractivity contribution in [1.29, 1.82) is 0 Å². The van der Waals surface area contributed by atoms with Gasteiger partial charge in [-0.2, -0.15) is 0 Å². The van der Waals surface area contributed by atoms with Gasteiger partial charge < -0.3 is 15.4 Å². The van der Waals surface area contributed by atoms with Gasteiger partial charge in [0.1, 0.15) is 17.8 Å². The largest absolute Gasteiger partial charge is 0.379 e. The van der Waals surface area contributed by atoms with Gasteiger partial charge in [-0.05, 0) is 12.5 Å². The lowest BCUT2D eigenvalue weighted by molar-refractivity contribution is 0.0383. The van der Waals surface area contributed by atoms with Crippen LogP contribution in [0.15, 0.2) is 36.7 Å². The number of rotatable bonds is 7. The van der Waals surface area contributed by atoms with Crippen molar-refractivity contribution in [2.75, 3.05) is 44.7 Å². The van der Waals surface area contributed by atoms with E-state index in [9.17, 15) is 4.79 Å². The second-order valence-electron chi connectivity index (χ2n) is 6.34. The summed E-state index contributed by atoms with van der Waals surface area (Å²) in [5.41, 5.74) is 2.75. The topological polar surface area (TPSA) is 79.4 Å². The first-order valence-corrected chi connectivity index (χ1v) is 8.90. The Morgan fingerprint density at radius 2 is 2.08 bits per heavy atom. The molecular weight excluding hydrogens is 330 g/mol. The summed E-state index contributed by atoms with van der Waals surface area (Å²) in [6, 6.07) is 9.95. The molecule has 3 rings (SSSR count). The number of carbonyl (C=O) groups excluding carboxylic acids is 1. The van der Waals surface area contributed by atoms with Crippen molar-refractivity contribution in [3.05, 3.63) is 53.5 Å². The van der Waals surface area contributed by atoms with Crippen LogP contribution in [0.25, 0.3) is 0 Å². The summed E-state index contributed by atoms with van der Waals surface area (Å²) in [5.74, 6) is 0.458. The Hall–Kier alpha value is -2.51. The van der Waals surface area contributed by atoms with Gasteiger partial charge >= 0.3 is 0 Å². The highest BCUT2D eigenvalue weighted by Gasteiger charge is 2.12. The number of nitrogens with zero attached hydrogens (tertiary/aromatic N) is 3. The second-order valence-corrected chi connectivity index (χ2v) is 6.34. The summed E-state index contributed by atoms with van der Waals surface area (Å²) in [7, 11) is 0. The molecule has 1 aromatic heterocycles. The molecule has 7 nitrogen and oxygen atoms in total. The Labute approximate surface area is 153 Å². The quantitative estimate of drug-likeness (QED) is 0.783. The third-order valence-electron chi connectivity index (χ3n) is 4.27. The van der Waals surface area contributed by atoms with Gasteiger partial charge in [-0.3, -0.25) is 9.69 Å². The van der Waals surface area contributed by atoms with Crippen LogP contribution in [0, 0.1) is 6.92 Å². The normalized spacial score (nSPS) is 14.8. The molecule has 0 unspecified atom stereocenters. The van der Waals surface area contributed by atoms with Crippen LogP contribution in [-0.4, -0.2) is 60.2 Å². The molecule has 1 aliphatic heterocycles. The van der Waals surface area contributed by atoms with E-state index in [0.717, 1.165) is 32.8 Å². The van der Waals surface area contributed by atoms with Crippen molar-refractivity contribution >= 4 is 11.7 Å². The number of hydrogen-bond acceptors (Lipinski definition) is 6. The molecule has 1 saturated heterocycles. The van der Waals surface area contributed by atoms with Crippen molar-refractivity contribution in [3.63, 3.8) is 0 Å². The highest BCUT2D eigenvalue weighted by atomic mass is 16.5. The summed E-state index contributed by atoms with van der Waals surface area (Å²) < 4.78 is 5.32. The lowest BCUT2D eigenvalue weighted by atomic mass is 10.1. The number of ether oxygens (including phenoxy) is 1. The van der Waals surface area contributed by atoms with Gasteiger partial charge in [0.15, 0.2) is 0 Å². The van der Waals surface area contributed by atoms with Gasteiger partial charge in [0.05, 0.1) is 13.2 Å². The highest BCUT2D eigenvalue weighted by Crippen LogP contribution is 2.09. The number of amides is 1. The smallest absolute Gasteiger partial charge is 0.270 e. The van der Waals surface area contributed by atoms with Crippen molar-refractivity contribution in [2.45, 2.75) is 13.5 Å². The molecule has 0 radical (unpaired) electrons. The van der Waals surface area contributed by atoms with E-state index in [1.165, 1.54) is 17.5 Å². The molecule has 2 aromatic rings. The summed E-state index contributed by atoms with van der Waals surface area (Å²) in [5, 5.41) is 6.15. The lowest BCUT2D eigenvalue weighted by Gasteiger charge is -2.26. The first kappa shape index (κ1) is 18.3. The van der Waals surface area contributed by atoms with E-state index in [1.54, 1.807) is 6.07 Å². The highest BCUT2D eigenvalue weighted by molar-refractivity contribution is 5.92. The number of carbonyl (C=O) groups is 1.